The first-order chi connectivity index (χ1) is 6.20. The molecule has 0 spiro atoms. The minimum atomic E-state index is -0.372. The third-order valence-electron chi connectivity index (χ3n) is 2.80. The van der Waals surface area contributed by atoms with Crippen LogP contribution in [-0.4, -0.2) is 5.11 Å². The summed E-state index contributed by atoms with van der Waals surface area (Å²) >= 11 is 5.98. The number of aliphatic hydroxyl groups is 1. The lowest BCUT2D eigenvalue weighted by Crippen LogP contribution is -2.01. The van der Waals surface area contributed by atoms with Crippen molar-refractivity contribution in [1.82, 2.24) is 0 Å². The summed E-state index contributed by atoms with van der Waals surface area (Å²) in [5.41, 5.74) is 0.874. The second-order valence-corrected chi connectivity index (χ2v) is 4.25. The standard InChI is InChI=1S/C11H13ClO/c1-7-6-9(7)11(13)8-4-2-3-5-10(8)12/h2-5,7,9,11,13H,6H2,1H3. The monoisotopic (exact) mass is 196 g/mol. The van der Waals surface area contributed by atoms with Crippen LogP contribution in [0.25, 0.3) is 0 Å². The molecule has 1 aromatic rings. The molecule has 0 amide bonds. The quantitative estimate of drug-likeness (QED) is 0.771. The van der Waals surface area contributed by atoms with Gasteiger partial charge >= 0.3 is 0 Å². The molecule has 1 aromatic carbocycles. The first-order valence-corrected chi connectivity index (χ1v) is 5.00. The normalized spacial score (nSPS) is 28.5. The number of halogens is 1. The fourth-order valence-corrected chi connectivity index (χ4v) is 1.98. The predicted molar refractivity (Wildman–Crippen MR) is 53.7 cm³/mol. The van der Waals surface area contributed by atoms with Gasteiger partial charge in [-0.1, -0.05) is 36.7 Å². The number of hydrogen-bond donors (Lipinski definition) is 1. The Morgan fingerprint density at radius 2 is 2.08 bits per heavy atom. The average Bonchev–Trinajstić information content (AvgIpc) is 2.82. The van der Waals surface area contributed by atoms with Crippen LogP contribution in [0.1, 0.15) is 25.0 Å². The molecule has 2 heteroatoms. The largest absolute Gasteiger partial charge is 0.388 e. The van der Waals surface area contributed by atoms with E-state index < -0.39 is 0 Å². The van der Waals surface area contributed by atoms with Crippen molar-refractivity contribution in [1.29, 1.82) is 0 Å². The van der Waals surface area contributed by atoms with Gasteiger partial charge in [-0.15, -0.1) is 0 Å². The topological polar surface area (TPSA) is 20.2 Å². The van der Waals surface area contributed by atoms with E-state index in [9.17, 15) is 5.11 Å². The molecule has 70 valence electrons. The number of benzene rings is 1. The molecule has 1 nitrogen and oxygen atoms in total. The highest BCUT2D eigenvalue weighted by Crippen LogP contribution is 2.47. The van der Waals surface area contributed by atoms with Gasteiger partial charge in [0.25, 0.3) is 0 Å². The van der Waals surface area contributed by atoms with Crippen LogP contribution in [0.5, 0.6) is 0 Å². The maximum Gasteiger partial charge on any atom is 0.0835 e. The molecule has 1 N–H and O–H groups in total. The molecule has 0 radical (unpaired) electrons. The molecule has 13 heavy (non-hydrogen) atoms. The van der Waals surface area contributed by atoms with Crippen LogP contribution in [-0.2, 0) is 0 Å². The van der Waals surface area contributed by atoms with Crippen molar-refractivity contribution in [2.75, 3.05) is 0 Å². The fraction of sp³-hybridized carbons (Fsp3) is 0.455. The first-order valence-electron chi connectivity index (χ1n) is 4.62. The minimum absolute atomic E-state index is 0.372. The van der Waals surface area contributed by atoms with Crippen LogP contribution < -0.4 is 0 Å². The van der Waals surface area contributed by atoms with Crippen LogP contribution >= 0.6 is 11.6 Å². The van der Waals surface area contributed by atoms with Crippen LogP contribution in [0.2, 0.25) is 5.02 Å². The van der Waals surface area contributed by atoms with Gasteiger partial charge in [-0.05, 0) is 29.9 Å². The van der Waals surface area contributed by atoms with Crippen LogP contribution in [0, 0.1) is 11.8 Å². The average molecular weight is 197 g/mol. The van der Waals surface area contributed by atoms with Crippen molar-refractivity contribution in [3.8, 4) is 0 Å². The summed E-state index contributed by atoms with van der Waals surface area (Å²) in [6.45, 7) is 2.16. The molecule has 3 unspecified atom stereocenters. The molecule has 0 aromatic heterocycles. The molecule has 1 saturated carbocycles. The summed E-state index contributed by atoms with van der Waals surface area (Å²) in [5.74, 6) is 1.06. The Morgan fingerprint density at radius 1 is 1.46 bits per heavy atom. The Bertz CT molecular complexity index is 311. The Kier molecular flexibility index (Phi) is 2.31. The third kappa shape index (κ3) is 1.72. The maximum absolute atomic E-state index is 9.93. The summed E-state index contributed by atoms with van der Waals surface area (Å²) < 4.78 is 0. The molecule has 0 heterocycles. The highest BCUT2D eigenvalue weighted by molar-refractivity contribution is 6.31. The zero-order valence-electron chi connectivity index (χ0n) is 7.57. The second kappa shape index (κ2) is 3.32. The molecule has 0 saturated heterocycles. The van der Waals surface area contributed by atoms with Gasteiger partial charge in [0.1, 0.15) is 0 Å². The number of hydrogen-bond acceptors (Lipinski definition) is 1. The lowest BCUT2D eigenvalue weighted by atomic mass is 10.0. The molecule has 0 bridgehead atoms. The van der Waals surface area contributed by atoms with Crippen molar-refractivity contribution < 1.29 is 5.11 Å². The molecule has 1 aliphatic carbocycles. The molecular formula is C11H13ClO. The maximum atomic E-state index is 9.93. The minimum Gasteiger partial charge on any atom is -0.388 e. The van der Waals surface area contributed by atoms with E-state index >= 15 is 0 Å². The first kappa shape index (κ1) is 9.04. The van der Waals surface area contributed by atoms with Gasteiger partial charge < -0.3 is 5.11 Å². The van der Waals surface area contributed by atoms with Gasteiger partial charge in [-0.25, -0.2) is 0 Å². The van der Waals surface area contributed by atoms with Gasteiger partial charge in [0.2, 0.25) is 0 Å². The molecule has 0 aliphatic heterocycles. The Morgan fingerprint density at radius 3 is 2.62 bits per heavy atom. The number of aliphatic hydroxyl groups excluding tert-OH is 1. The summed E-state index contributed by atoms with van der Waals surface area (Å²) in [4.78, 5) is 0. The highest BCUT2D eigenvalue weighted by Gasteiger charge is 2.39. The Hall–Kier alpha value is -0.530. The van der Waals surface area contributed by atoms with E-state index in [4.69, 9.17) is 11.6 Å². The van der Waals surface area contributed by atoms with Gasteiger partial charge in [0, 0.05) is 5.02 Å². The van der Waals surface area contributed by atoms with E-state index in [1.807, 2.05) is 24.3 Å². The van der Waals surface area contributed by atoms with Crippen LogP contribution in [0.3, 0.4) is 0 Å². The third-order valence-corrected chi connectivity index (χ3v) is 3.15. The highest BCUT2D eigenvalue weighted by atomic mass is 35.5. The summed E-state index contributed by atoms with van der Waals surface area (Å²) in [6.07, 6.45) is 0.746. The van der Waals surface area contributed by atoms with Gasteiger partial charge in [-0.3, -0.25) is 0 Å². The Balaban J connectivity index is 2.20. The molecule has 1 aliphatic rings. The zero-order chi connectivity index (χ0) is 9.42. The lowest BCUT2D eigenvalue weighted by Gasteiger charge is -2.11. The van der Waals surface area contributed by atoms with E-state index in [1.165, 1.54) is 0 Å². The van der Waals surface area contributed by atoms with Gasteiger partial charge in [0.05, 0.1) is 6.10 Å². The van der Waals surface area contributed by atoms with Crippen molar-refractivity contribution in [3.05, 3.63) is 34.9 Å². The zero-order valence-corrected chi connectivity index (χ0v) is 8.33. The molecule has 1 fully saturated rings. The van der Waals surface area contributed by atoms with Gasteiger partial charge in [0.15, 0.2) is 0 Å². The van der Waals surface area contributed by atoms with E-state index in [0.29, 0.717) is 16.9 Å². The smallest absolute Gasteiger partial charge is 0.0835 e. The Labute approximate surface area is 83.3 Å². The SMILES string of the molecule is CC1CC1C(O)c1ccccc1Cl. The van der Waals surface area contributed by atoms with Gasteiger partial charge in [-0.2, -0.15) is 0 Å². The summed E-state index contributed by atoms with van der Waals surface area (Å²) in [7, 11) is 0. The molecule has 3 atom stereocenters. The van der Waals surface area contributed by atoms with Crippen molar-refractivity contribution in [2.45, 2.75) is 19.4 Å². The van der Waals surface area contributed by atoms with Crippen molar-refractivity contribution in [3.63, 3.8) is 0 Å². The lowest BCUT2D eigenvalue weighted by molar-refractivity contribution is 0.148. The predicted octanol–water partition coefficient (Wildman–Crippen LogP) is 3.03. The fourth-order valence-electron chi connectivity index (χ4n) is 1.74. The molecular weight excluding hydrogens is 184 g/mol. The number of rotatable bonds is 2. The molecule has 2 rings (SSSR count). The van der Waals surface area contributed by atoms with Crippen molar-refractivity contribution in [2.24, 2.45) is 11.8 Å². The summed E-state index contributed by atoms with van der Waals surface area (Å²) in [6, 6.07) is 7.53. The van der Waals surface area contributed by atoms with E-state index in [2.05, 4.69) is 6.92 Å². The van der Waals surface area contributed by atoms with E-state index in [0.717, 1.165) is 12.0 Å². The van der Waals surface area contributed by atoms with E-state index in [1.54, 1.807) is 0 Å². The van der Waals surface area contributed by atoms with Crippen LogP contribution in [0.15, 0.2) is 24.3 Å². The van der Waals surface area contributed by atoms with E-state index in [-0.39, 0.29) is 6.10 Å². The van der Waals surface area contributed by atoms with Crippen LogP contribution in [0.4, 0.5) is 0 Å². The second-order valence-electron chi connectivity index (χ2n) is 3.84. The summed E-state index contributed by atoms with van der Waals surface area (Å²) in [5, 5.41) is 10.6. The van der Waals surface area contributed by atoms with Crippen molar-refractivity contribution >= 4 is 11.6 Å².